The molecule has 7 nitrogen and oxygen atoms in total. The molecule has 4 aliphatic carbocycles. The van der Waals surface area contributed by atoms with Crippen molar-refractivity contribution in [1.82, 2.24) is 0 Å². The molecule has 0 saturated heterocycles. The summed E-state index contributed by atoms with van der Waals surface area (Å²) >= 11 is 0. The zero-order chi connectivity index (χ0) is 24.3. The maximum absolute atomic E-state index is 12.2. The monoisotopic (exact) mass is 462 g/mol. The Morgan fingerprint density at radius 1 is 0.939 bits per heavy atom. The van der Waals surface area contributed by atoms with Crippen LogP contribution in [0, 0.1) is 28.6 Å². The standard InChI is InChI=1S/C26H38O7/c1-14(27)31-18-7-9-24(4)17(11-18)12-20(32-15(2)28)22-19-8-10-26(6,30)25(19,5)13-21(23(22)24)33-16(3)29/h12,18-23,30H,7-11,13H2,1-6H3/t18-,19-,20-,21+,22?,23?,24?,25?,26-/m0/s1. The lowest BCUT2D eigenvalue weighted by Crippen LogP contribution is -2.63. The van der Waals surface area contributed by atoms with Crippen molar-refractivity contribution in [3.63, 3.8) is 0 Å². The molecule has 3 fully saturated rings. The number of esters is 3. The lowest BCUT2D eigenvalue weighted by atomic mass is 9.45. The number of carbonyl (C=O) groups is 3. The third-order valence-corrected chi connectivity index (χ3v) is 9.50. The summed E-state index contributed by atoms with van der Waals surface area (Å²) in [6, 6.07) is 0. The Morgan fingerprint density at radius 2 is 1.58 bits per heavy atom. The van der Waals surface area contributed by atoms with Gasteiger partial charge in [0.1, 0.15) is 18.3 Å². The Bertz CT molecular complexity index is 876. The van der Waals surface area contributed by atoms with Gasteiger partial charge in [0.2, 0.25) is 0 Å². The summed E-state index contributed by atoms with van der Waals surface area (Å²) in [5, 5.41) is 11.4. The summed E-state index contributed by atoms with van der Waals surface area (Å²) in [6.45, 7) is 10.5. The Hall–Kier alpha value is -1.89. The number of fused-ring (bicyclic) bond motifs is 5. The molecule has 4 rings (SSSR count). The van der Waals surface area contributed by atoms with Crippen LogP contribution in [0.3, 0.4) is 0 Å². The summed E-state index contributed by atoms with van der Waals surface area (Å²) in [5.41, 5.74) is -0.505. The van der Waals surface area contributed by atoms with Crippen LogP contribution in [-0.4, -0.2) is 46.9 Å². The van der Waals surface area contributed by atoms with E-state index < -0.39 is 23.2 Å². The van der Waals surface area contributed by atoms with Crippen molar-refractivity contribution in [2.24, 2.45) is 28.6 Å². The predicted molar refractivity (Wildman–Crippen MR) is 120 cm³/mol. The van der Waals surface area contributed by atoms with Gasteiger partial charge >= 0.3 is 17.9 Å². The van der Waals surface area contributed by atoms with E-state index in [0.29, 0.717) is 19.3 Å². The van der Waals surface area contributed by atoms with Crippen molar-refractivity contribution in [2.45, 2.75) is 104 Å². The highest BCUT2D eigenvalue weighted by molar-refractivity contribution is 5.67. The van der Waals surface area contributed by atoms with E-state index in [0.717, 1.165) is 24.8 Å². The minimum Gasteiger partial charge on any atom is -0.462 e. The van der Waals surface area contributed by atoms with E-state index in [2.05, 4.69) is 19.9 Å². The molecule has 0 radical (unpaired) electrons. The molecule has 0 aromatic carbocycles. The van der Waals surface area contributed by atoms with Gasteiger partial charge in [-0.1, -0.05) is 19.4 Å². The minimum atomic E-state index is -0.889. The summed E-state index contributed by atoms with van der Waals surface area (Å²) < 4.78 is 17.4. The molecule has 0 aliphatic heterocycles. The van der Waals surface area contributed by atoms with Crippen LogP contribution in [0.15, 0.2) is 11.6 Å². The van der Waals surface area contributed by atoms with E-state index in [1.807, 2.05) is 6.92 Å². The number of carbonyl (C=O) groups excluding carboxylic acids is 3. The third kappa shape index (κ3) is 3.90. The molecular weight excluding hydrogens is 424 g/mol. The van der Waals surface area contributed by atoms with Gasteiger partial charge in [-0.3, -0.25) is 14.4 Å². The number of ether oxygens (including phenoxy) is 3. The van der Waals surface area contributed by atoms with Crippen molar-refractivity contribution < 1.29 is 33.7 Å². The van der Waals surface area contributed by atoms with Gasteiger partial charge < -0.3 is 19.3 Å². The molecule has 3 saturated carbocycles. The quantitative estimate of drug-likeness (QED) is 0.388. The molecule has 0 spiro atoms. The summed E-state index contributed by atoms with van der Waals surface area (Å²) in [6.07, 6.45) is 5.20. The van der Waals surface area contributed by atoms with Crippen LogP contribution in [0.5, 0.6) is 0 Å². The van der Waals surface area contributed by atoms with Crippen LogP contribution in [0.25, 0.3) is 0 Å². The second kappa shape index (κ2) is 8.10. The lowest BCUT2D eigenvalue weighted by Gasteiger charge is -2.61. The SMILES string of the molecule is CC(=O)O[C@H]1CCC2(C)C(=C[C@H](OC(C)=O)C3C2[C@H](OC(C)=O)CC2(C)[C@H]3CC[C@]2(C)O)C1. The Balaban J connectivity index is 1.82. The summed E-state index contributed by atoms with van der Waals surface area (Å²) in [4.78, 5) is 35.9. The maximum Gasteiger partial charge on any atom is 0.303 e. The first-order valence-corrected chi connectivity index (χ1v) is 12.2. The molecule has 9 atom stereocenters. The summed E-state index contributed by atoms with van der Waals surface area (Å²) in [5.74, 6) is -0.965. The zero-order valence-corrected chi connectivity index (χ0v) is 20.7. The number of hydrogen-bond donors (Lipinski definition) is 1. The fourth-order valence-electron chi connectivity index (χ4n) is 7.86. The Morgan fingerprint density at radius 3 is 2.18 bits per heavy atom. The van der Waals surface area contributed by atoms with E-state index >= 15 is 0 Å². The molecule has 0 heterocycles. The highest BCUT2D eigenvalue weighted by atomic mass is 16.6. The fourth-order valence-corrected chi connectivity index (χ4v) is 7.86. The molecule has 4 unspecified atom stereocenters. The van der Waals surface area contributed by atoms with Gasteiger partial charge in [-0.05, 0) is 56.4 Å². The van der Waals surface area contributed by atoms with E-state index in [1.165, 1.54) is 20.8 Å². The number of hydrogen-bond acceptors (Lipinski definition) is 7. The van der Waals surface area contributed by atoms with Crippen LogP contribution < -0.4 is 0 Å². The molecule has 0 amide bonds. The predicted octanol–water partition coefficient (Wildman–Crippen LogP) is 3.72. The van der Waals surface area contributed by atoms with Crippen LogP contribution in [-0.2, 0) is 28.6 Å². The molecule has 184 valence electrons. The summed E-state index contributed by atoms with van der Waals surface area (Å²) in [7, 11) is 0. The van der Waals surface area contributed by atoms with Gasteiger partial charge in [0.25, 0.3) is 0 Å². The average molecular weight is 463 g/mol. The normalized spacial score (nSPS) is 46.2. The van der Waals surface area contributed by atoms with Gasteiger partial charge in [0.15, 0.2) is 0 Å². The van der Waals surface area contributed by atoms with Gasteiger partial charge in [-0.25, -0.2) is 0 Å². The van der Waals surface area contributed by atoms with Gasteiger partial charge in [0.05, 0.1) is 5.60 Å². The van der Waals surface area contributed by atoms with E-state index in [9.17, 15) is 19.5 Å². The van der Waals surface area contributed by atoms with E-state index in [-0.39, 0.29) is 47.2 Å². The van der Waals surface area contributed by atoms with Crippen molar-refractivity contribution in [3.05, 3.63) is 11.6 Å². The molecule has 33 heavy (non-hydrogen) atoms. The highest BCUT2D eigenvalue weighted by Crippen LogP contribution is 2.68. The average Bonchev–Trinajstić information content (AvgIpc) is 2.90. The maximum atomic E-state index is 12.2. The highest BCUT2D eigenvalue weighted by Gasteiger charge is 2.68. The van der Waals surface area contributed by atoms with Gasteiger partial charge in [-0.15, -0.1) is 0 Å². The van der Waals surface area contributed by atoms with Crippen LogP contribution in [0.4, 0.5) is 0 Å². The Kier molecular flexibility index (Phi) is 5.95. The smallest absolute Gasteiger partial charge is 0.303 e. The molecule has 7 heteroatoms. The first-order chi connectivity index (χ1) is 15.3. The van der Waals surface area contributed by atoms with Gasteiger partial charge in [-0.2, -0.15) is 0 Å². The van der Waals surface area contributed by atoms with Crippen molar-refractivity contribution in [1.29, 1.82) is 0 Å². The second-order valence-corrected chi connectivity index (χ2v) is 11.4. The number of rotatable bonds is 3. The lowest BCUT2D eigenvalue weighted by molar-refractivity contribution is -0.205. The molecule has 1 N–H and O–H groups in total. The zero-order valence-electron chi connectivity index (χ0n) is 20.7. The first-order valence-electron chi connectivity index (χ1n) is 12.2. The molecule has 0 aromatic heterocycles. The third-order valence-electron chi connectivity index (χ3n) is 9.50. The molecular formula is C26H38O7. The van der Waals surface area contributed by atoms with Gasteiger partial charge in [0, 0.05) is 44.4 Å². The van der Waals surface area contributed by atoms with Crippen LogP contribution >= 0.6 is 0 Å². The van der Waals surface area contributed by atoms with Crippen molar-refractivity contribution >= 4 is 17.9 Å². The fraction of sp³-hybridized carbons (Fsp3) is 0.808. The first kappa shape index (κ1) is 24.2. The van der Waals surface area contributed by atoms with Crippen LogP contribution in [0.2, 0.25) is 0 Å². The van der Waals surface area contributed by atoms with Crippen LogP contribution in [0.1, 0.15) is 80.1 Å². The topological polar surface area (TPSA) is 99.1 Å². The second-order valence-electron chi connectivity index (χ2n) is 11.4. The van der Waals surface area contributed by atoms with Crippen molar-refractivity contribution in [3.8, 4) is 0 Å². The Labute approximate surface area is 196 Å². The number of aliphatic hydroxyl groups is 1. The molecule has 0 aromatic rings. The minimum absolute atomic E-state index is 0.0454. The van der Waals surface area contributed by atoms with E-state index in [1.54, 1.807) is 0 Å². The largest absolute Gasteiger partial charge is 0.462 e. The van der Waals surface area contributed by atoms with E-state index in [4.69, 9.17) is 14.2 Å². The molecule has 4 aliphatic rings. The van der Waals surface area contributed by atoms with Crippen molar-refractivity contribution in [2.75, 3.05) is 0 Å². The molecule has 0 bridgehead atoms.